The minimum absolute atomic E-state index is 0.141. The molecule has 1 aromatic heterocycles. The van der Waals surface area contributed by atoms with E-state index in [9.17, 15) is 0 Å². The molecule has 2 aliphatic rings. The number of hydrogen-bond donors (Lipinski definition) is 0. The summed E-state index contributed by atoms with van der Waals surface area (Å²) < 4.78 is 5.99. The molecule has 0 N–H and O–H groups in total. The number of nitrogens with zero attached hydrogens (tertiary/aromatic N) is 4. The van der Waals surface area contributed by atoms with E-state index in [0.29, 0.717) is 0 Å². The Bertz CT molecular complexity index is 724. The minimum Gasteiger partial charge on any atom is -0.475 e. The first-order valence-corrected chi connectivity index (χ1v) is 9.32. The second-order valence-corrected chi connectivity index (χ2v) is 7.08. The van der Waals surface area contributed by atoms with Gasteiger partial charge in [0.25, 0.3) is 0 Å². The van der Waals surface area contributed by atoms with Crippen LogP contribution < -0.4 is 14.5 Å². The quantitative estimate of drug-likeness (QED) is 0.857. The van der Waals surface area contributed by atoms with Gasteiger partial charge in [0.2, 0.25) is 11.8 Å². The lowest BCUT2D eigenvalue weighted by atomic mass is 10.2. The number of aryl methyl sites for hydroxylation is 1. The minimum atomic E-state index is 0.141. The van der Waals surface area contributed by atoms with Crippen LogP contribution in [-0.4, -0.2) is 42.3 Å². The first-order chi connectivity index (χ1) is 12.2. The van der Waals surface area contributed by atoms with Gasteiger partial charge in [-0.15, -0.1) is 0 Å². The van der Waals surface area contributed by atoms with E-state index in [0.717, 1.165) is 57.3 Å². The van der Waals surface area contributed by atoms with Crippen molar-refractivity contribution in [3.05, 3.63) is 41.6 Å². The maximum Gasteiger partial charge on any atom is 0.229 e. The van der Waals surface area contributed by atoms with Gasteiger partial charge in [-0.25, -0.2) is 4.98 Å². The molecule has 132 valence electrons. The van der Waals surface area contributed by atoms with E-state index in [1.165, 1.54) is 16.9 Å². The summed E-state index contributed by atoms with van der Waals surface area (Å²) in [5, 5.41) is 0. The van der Waals surface area contributed by atoms with Crippen molar-refractivity contribution in [3.8, 4) is 5.88 Å². The molecule has 5 heteroatoms. The molecule has 1 aliphatic carbocycles. The van der Waals surface area contributed by atoms with Crippen LogP contribution in [0.2, 0.25) is 0 Å². The fourth-order valence-electron chi connectivity index (χ4n) is 3.65. The van der Waals surface area contributed by atoms with Gasteiger partial charge in [-0.05, 0) is 45.2 Å². The van der Waals surface area contributed by atoms with Crippen LogP contribution in [0, 0.1) is 0 Å². The predicted molar refractivity (Wildman–Crippen MR) is 101 cm³/mol. The highest BCUT2D eigenvalue weighted by Crippen LogP contribution is 2.31. The lowest BCUT2D eigenvalue weighted by molar-refractivity contribution is 0.230. The Morgan fingerprint density at radius 3 is 2.36 bits per heavy atom. The van der Waals surface area contributed by atoms with Gasteiger partial charge < -0.3 is 14.5 Å². The van der Waals surface area contributed by atoms with Crippen molar-refractivity contribution >= 4 is 11.6 Å². The Kier molecular flexibility index (Phi) is 4.47. The van der Waals surface area contributed by atoms with Crippen LogP contribution in [0.5, 0.6) is 5.88 Å². The molecule has 0 atom stereocenters. The average molecular weight is 338 g/mol. The zero-order chi connectivity index (χ0) is 17.2. The highest BCUT2D eigenvalue weighted by molar-refractivity contribution is 5.49. The third-order valence-corrected chi connectivity index (χ3v) is 4.91. The predicted octanol–water partition coefficient (Wildman–Crippen LogP) is 3.08. The lowest BCUT2D eigenvalue weighted by Gasteiger charge is -2.36. The maximum atomic E-state index is 5.99. The summed E-state index contributed by atoms with van der Waals surface area (Å²) in [4.78, 5) is 14.4. The average Bonchev–Trinajstić information content (AvgIpc) is 3.11. The maximum absolute atomic E-state index is 5.99. The first kappa shape index (κ1) is 16.2. The lowest BCUT2D eigenvalue weighted by Crippen LogP contribution is -2.47. The molecule has 25 heavy (non-hydrogen) atoms. The summed E-state index contributed by atoms with van der Waals surface area (Å²) in [6.45, 7) is 7.97. The van der Waals surface area contributed by atoms with Crippen LogP contribution in [0.25, 0.3) is 0 Å². The van der Waals surface area contributed by atoms with E-state index in [-0.39, 0.29) is 6.10 Å². The number of fused-ring (bicyclic) bond motifs is 1. The van der Waals surface area contributed by atoms with Gasteiger partial charge in [0.05, 0.1) is 11.8 Å². The van der Waals surface area contributed by atoms with Crippen LogP contribution in [0.4, 0.5) is 11.6 Å². The van der Waals surface area contributed by atoms with Gasteiger partial charge in [0, 0.05) is 37.4 Å². The van der Waals surface area contributed by atoms with E-state index < -0.39 is 0 Å². The number of ether oxygens (including phenoxy) is 1. The van der Waals surface area contributed by atoms with Crippen LogP contribution in [0.15, 0.2) is 30.3 Å². The van der Waals surface area contributed by atoms with E-state index in [2.05, 4.69) is 54.0 Å². The Labute approximate surface area is 149 Å². The van der Waals surface area contributed by atoms with Crippen LogP contribution in [0.1, 0.15) is 31.5 Å². The van der Waals surface area contributed by atoms with E-state index in [4.69, 9.17) is 14.7 Å². The summed E-state index contributed by atoms with van der Waals surface area (Å²) in [5.41, 5.74) is 3.70. The van der Waals surface area contributed by atoms with E-state index in [1.807, 2.05) is 0 Å². The zero-order valence-electron chi connectivity index (χ0n) is 15.1. The van der Waals surface area contributed by atoms with Crippen molar-refractivity contribution in [1.82, 2.24) is 9.97 Å². The molecule has 0 unspecified atom stereocenters. The fraction of sp³-hybridized carbons (Fsp3) is 0.500. The highest BCUT2D eigenvalue weighted by Gasteiger charge is 2.25. The van der Waals surface area contributed by atoms with Crippen LogP contribution in [-0.2, 0) is 12.8 Å². The van der Waals surface area contributed by atoms with Gasteiger partial charge in [-0.2, -0.15) is 4.98 Å². The van der Waals surface area contributed by atoms with E-state index in [1.54, 1.807) is 0 Å². The SMILES string of the molecule is CC(C)Oc1nc(N2CCN(c3ccccc3)CC2)nc2c1CCC2. The topological polar surface area (TPSA) is 41.5 Å². The van der Waals surface area contributed by atoms with Crippen molar-refractivity contribution in [2.75, 3.05) is 36.0 Å². The molecule has 2 aromatic rings. The molecule has 0 saturated carbocycles. The highest BCUT2D eigenvalue weighted by atomic mass is 16.5. The molecule has 1 fully saturated rings. The Hall–Kier alpha value is -2.30. The van der Waals surface area contributed by atoms with Gasteiger partial charge in [-0.1, -0.05) is 18.2 Å². The normalized spacial score (nSPS) is 17.1. The second-order valence-electron chi connectivity index (χ2n) is 7.08. The molecule has 0 spiro atoms. The summed E-state index contributed by atoms with van der Waals surface area (Å²) in [6.07, 6.45) is 3.38. The summed E-state index contributed by atoms with van der Waals surface area (Å²) in [7, 11) is 0. The molecule has 5 nitrogen and oxygen atoms in total. The summed E-state index contributed by atoms with van der Waals surface area (Å²) >= 11 is 0. The van der Waals surface area contributed by atoms with Crippen molar-refractivity contribution < 1.29 is 4.74 Å². The number of anilines is 2. The molecule has 1 aliphatic heterocycles. The second kappa shape index (κ2) is 6.90. The van der Waals surface area contributed by atoms with E-state index >= 15 is 0 Å². The fourth-order valence-corrected chi connectivity index (χ4v) is 3.65. The number of aromatic nitrogens is 2. The van der Waals surface area contributed by atoms with Crippen molar-refractivity contribution in [1.29, 1.82) is 0 Å². The summed E-state index contributed by atoms with van der Waals surface area (Å²) in [5.74, 6) is 1.64. The molecular weight excluding hydrogens is 312 g/mol. The number of benzene rings is 1. The number of rotatable bonds is 4. The largest absolute Gasteiger partial charge is 0.475 e. The molecule has 0 radical (unpaired) electrons. The Morgan fingerprint density at radius 1 is 0.920 bits per heavy atom. The molecule has 2 heterocycles. The smallest absolute Gasteiger partial charge is 0.229 e. The Morgan fingerprint density at radius 2 is 1.64 bits per heavy atom. The van der Waals surface area contributed by atoms with Gasteiger partial charge in [-0.3, -0.25) is 0 Å². The molecule has 1 aromatic carbocycles. The number of hydrogen-bond acceptors (Lipinski definition) is 5. The number of para-hydroxylation sites is 1. The molecule has 0 amide bonds. The van der Waals surface area contributed by atoms with Gasteiger partial charge in [0.1, 0.15) is 0 Å². The molecule has 1 saturated heterocycles. The zero-order valence-corrected chi connectivity index (χ0v) is 15.1. The van der Waals surface area contributed by atoms with Gasteiger partial charge >= 0.3 is 0 Å². The standard InChI is InChI=1S/C20H26N4O/c1-15(2)25-19-17-9-6-10-18(17)21-20(22-19)24-13-11-23(12-14-24)16-7-4-3-5-8-16/h3-5,7-8,15H,6,9-14H2,1-2H3. The molecule has 4 rings (SSSR count). The monoisotopic (exact) mass is 338 g/mol. The molecular formula is C20H26N4O. The molecule has 0 bridgehead atoms. The first-order valence-electron chi connectivity index (χ1n) is 9.32. The summed E-state index contributed by atoms with van der Waals surface area (Å²) in [6, 6.07) is 10.6. The van der Waals surface area contributed by atoms with Crippen LogP contribution in [0.3, 0.4) is 0 Å². The van der Waals surface area contributed by atoms with Crippen molar-refractivity contribution in [2.24, 2.45) is 0 Å². The van der Waals surface area contributed by atoms with Gasteiger partial charge in [0.15, 0.2) is 0 Å². The van der Waals surface area contributed by atoms with Crippen molar-refractivity contribution in [3.63, 3.8) is 0 Å². The third kappa shape index (κ3) is 3.41. The van der Waals surface area contributed by atoms with Crippen LogP contribution >= 0.6 is 0 Å². The van der Waals surface area contributed by atoms with Crippen molar-refractivity contribution in [2.45, 2.75) is 39.2 Å². The number of piperazine rings is 1. The Balaban J connectivity index is 1.51. The third-order valence-electron chi connectivity index (χ3n) is 4.91.